The molecule has 0 bridgehead atoms. The molecule has 0 atom stereocenters. The van der Waals surface area contributed by atoms with Crippen molar-refractivity contribution in [1.82, 2.24) is 0 Å². The maximum Gasteiger partial charge on any atom is 0.288 e. The van der Waals surface area contributed by atoms with Crippen LogP contribution in [-0.4, -0.2) is 35.6 Å². The van der Waals surface area contributed by atoms with Gasteiger partial charge in [0.15, 0.2) is 6.61 Å². The lowest BCUT2D eigenvalue weighted by Gasteiger charge is -2.28. The average Bonchev–Trinajstić information content (AvgIpc) is 2.65. The largest absolute Gasteiger partial charge is 0.482 e. The molecule has 146 valence electrons. The number of hydrogen-bond donors (Lipinski definition) is 1. The van der Waals surface area contributed by atoms with Crippen LogP contribution >= 0.6 is 11.8 Å². The molecule has 2 amide bonds. The fourth-order valence-electron chi connectivity index (χ4n) is 2.58. The van der Waals surface area contributed by atoms with Crippen LogP contribution in [0.1, 0.15) is 0 Å². The number of nitrogens with zero attached hydrogens (tertiary/aromatic N) is 2. The number of thioether (sulfide) groups is 1. The van der Waals surface area contributed by atoms with Crippen LogP contribution in [0.25, 0.3) is 0 Å². The molecule has 0 saturated heterocycles. The number of ether oxygens (including phenoxy) is 1. The number of nitro benzene ring substituents is 1. The minimum absolute atomic E-state index is 0.0934. The SMILES string of the molecule is O=C(CN1C(=O)COc2ccc([N+](=O)[O-])cc21)Nc1ccccc1SC(F)F. The van der Waals surface area contributed by atoms with Gasteiger partial charge in [-0.15, -0.1) is 0 Å². The molecule has 8 nitrogen and oxygen atoms in total. The van der Waals surface area contributed by atoms with Gasteiger partial charge in [-0.1, -0.05) is 23.9 Å². The summed E-state index contributed by atoms with van der Waals surface area (Å²) in [6, 6.07) is 9.74. The highest BCUT2D eigenvalue weighted by Crippen LogP contribution is 2.35. The van der Waals surface area contributed by atoms with E-state index in [4.69, 9.17) is 4.74 Å². The Bertz CT molecular complexity index is 941. The van der Waals surface area contributed by atoms with Crippen LogP contribution in [0.2, 0.25) is 0 Å². The number of halogens is 2. The highest BCUT2D eigenvalue weighted by molar-refractivity contribution is 7.99. The number of rotatable bonds is 6. The first-order valence-corrected chi connectivity index (χ1v) is 8.78. The minimum Gasteiger partial charge on any atom is -0.482 e. The van der Waals surface area contributed by atoms with Gasteiger partial charge in [-0.05, 0) is 18.2 Å². The zero-order chi connectivity index (χ0) is 20.3. The van der Waals surface area contributed by atoms with Crippen LogP contribution in [0.5, 0.6) is 5.75 Å². The summed E-state index contributed by atoms with van der Waals surface area (Å²) in [6.45, 7) is -0.778. The van der Waals surface area contributed by atoms with E-state index in [1.54, 1.807) is 12.1 Å². The van der Waals surface area contributed by atoms with Gasteiger partial charge in [-0.2, -0.15) is 8.78 Å². The first-order chi connectivity index (χ1) is 13.3. The molecule has 0 saturated carbocycles. The molecule has 1 heterocycles. The molecule has 28 heavy (non-hydrogen) atoms. The number of benzene rings is 2. The van der Waals surface area contributed by atoms with Crippen molar-refractivity contribution in [3.05, 3.63) is 52.6 Å². The van der Waals surface area contributed by atoms with Crippen LogP contribution in [0.3, 0.4) is 0 Å². The van der Waals surface area contributed by atoms with Crippen molar-refractivity contribution in [2.75, 3.05) is 23.4 Å². The standard InChI is InChI=1S/C17H13F2N3O5S/c18-17(19)28-14-4-2-1-3-11(14)20-15(23)8-21-12-7-10(22(25)26)5-6-13(12)27-9-16(21)24/h1-7,17H,8-9H2,(H,20,23). The van der Waals surface area contributed by atoms with Crippen molar-refractivity contribution in [3.63, 3.8) is 0 Å². The van der Waals surface area contributed by atoms with Crippen LogP contribution in [0, 0.1) is 10.1 Å². The summed E-state index contributed by atoms with van der Waals surface area (Å²) in [5.41, 5.74) is 0.00903. The zero-order valence-corrected chi connectivity index (χ0v) is 14.9. The van der Waals surface area contributed by atoms with Gasteiger partial charge in [0.2, 0.25) is 5.91 Å². The number of para-hydroxylation sites is 1. The fourth-order valence-corrected chi connectivity index (χ4v) is 3.17. The Labute approximate surface area is 161 Å². The second kappa shape index (κ2) is 8.21. The first kappa shape index (κ1) is 19.5. The molecular formula is C17H13F2N3O5S. The third kappa shape index (κ3) is 4.36. The Morgan fingerprint density at radius 1 is 1.32 bits per heavy atom. The lowest BCUT2D eigenvalue weighted by Crippen LogP contribution is -2.43. The Morgan fingerprint density at radius 2 is 2.07 bits per heavy atom. The summed E-state index contributed by atoms with van der Waals surface area (Å²) in [6.07, 6.45) is 0. The van der Waals surface area contributed by atoms with Crippen molar-refractivity contribution in [2.24, 2.45) is 0 Å². The van der Waals surface area contributed by atoms with Gasteiger partial charge in [0.1, 0.15) is 12.3 Å². The molecule has 0 aliphatic carbocycles. The number of non-ortho nitro benzene ring substituents is 1. The number of anilines is 2. The minimum atomic E-state index is -2.66. The van der Waals surface area contributed by atoms with E-state index in [9.17, 15) is 28.5 Å². The molecule has 0 unspecified atom stereocenters. The normalized spacial score (nSPS) is 13.1. The van der Waals surface area contributed by atoms with Gasteiger partial charge in [0.05, 0.1) is 16.3 Å². The molecule has 0 radical (unpaired) electrons. The summed E-state index contributed by atoms with van der Waals surface area (Å²) in [7, 11) is 0. The Hall–Kier alpha value is -3.21. The molecule has 0 fully saturated rings. The lowest BCUT2D eigenvalue weighted by atomic mass is 10.2. The van der Waals surface area contributed by atoms with Gasteiger partial charge in [0, 0.05) is 17.0 Å². The Balaban J connectivity index is 1.81. The van der Waals surface area contributed by atoms with E-state index in [2.05, 4.69) is 5.32 Å². The average molecular weight is 409 g/mol. The number of nitrogens with one attached hydrogen (secondary N) is 1. The molecule has 0 aromatic heterocycles. The monoisotopic (exact) mass is 409 g/mol. The van der Waals surface area contributed by atoms with Gasteiger partial charge >= 0.3 is 0 Å². The highest BCUT2D eigenvalue weighted by Gasteiger charge is 2.29. The van der Waals surface area contributed by atoms with Crippen molar-refractivity contribution < 1.29 is 28.0 Å². The number of amides is 2. The number of carbonyl (C=O) groups is 2. The van der Waals surface area contributed by atoms with Gasteiger partial charge in [0.25, 0.3) is 17.4 Å². The maximum absolute atomic E-state index is 12.7. The van der Waals surface area contributed by atoms with E-state index < -0.39 is 29.0 Å². The smallest absolute Gasteiger partial charge is 0.288 e. The molecule has 1 aliphatic heterocycles. The third-order valence-corrected chi connectivity index (χ3v) is 4.56. The van der Waals surface area contributed by atoms with Crippen molar-refractivity contribution in [1.29, 1.82) is 0 Å². The van der Waals surface area contributed by atoms with Gasteiger partial charge in [-0.3, -0.25) is 24.6 Å². The Morgan fingerprint density at radius 3 is 2.79 bits per heavy atom. The van der Waals surface area contributed by atoms with E-state index >= 15 is 0 Å². The molecule has 2 aromatic carbocycles. The molecule has 11 heteroatoms. The van der Waals surface area contributed by atoms with E-state index in [0.29, 0.717) is 0 Å². The summed E-state index contributed by atoms with van der Waals surface area (Å²) in [5.74, 6) is -3.63. The second-order valence-corrected chi connectivity index (χ2v) is 6.63. The summed E-state index contributed by atoms with van der Waals surface area (Å²) >= 11 is 0.284. The summed E-state index contributed by atoms with van der Waals surface area (Å²) < 4.78 is 30.5. The van der Waals surface area contributed by atoms with Crippen LogP contribution in [0.15, 0.2) is 47.4 Å². The lowest BCUT2D eigenvalue weighted by molar-refractivity contribution is -0.384. The highest BCUT2D eigenvalue weighted by atomic mass is 32.2. The molecule has 1 N–H and O–H groups in total. The van der Waals surface area contributed by atoms with E-state index in [1.165, 1.54) is 24.3 Å². The van der Waals surface area contributed by atoms with E-state index in [1.807, 2.05) is 0 Å². The number of hydrogen-bond acceptors (Lipinski definition) is 6. The Kier molecular flexibility index (Phi) is 5.73. The van der Waals surface area contributed by atoms with Crippen molar-refractivity contribution in [3.8, 4) is 5.75 Å². The van der Waals surface area contributed by atoms with Gasteiger partial charge in [-0.25, -0.2) is 0 Å². The van der Waals surface area contributed by atoms with Crippen molar-refractivity contribution >= 4 is 40.6 Å². The molecule has 2 aromatic rings. The molecular weight excluding hydrogens is 396 g/mol. The zero-order valence-electron chi connectivity index (χ0n) is 14.1. The first-order valence-electron chi connectivity index (χ1n) is 7.90. The van der Waals surface area contributed by atoms with Crippen LogP contribution < -0.4 is 15.0 Å². The summed E-state index contributed by atoms with van der Waals surface area (Å²) in [5, 5.41) is 13.5. The topological polar surface area (TPSA) is 102 Å². The van der Waals surface area contributed by atoms with Crippen molar-refractivity contribution in [2.45, 2.75) is 10.7 Å². The van der Waals surface area contributed by atoms with Crippen LogP contribution in [0.4, 0.5) is 25.8 Å². The van der Waals surface area contributed by atoms with Gasteiger partial charge < -0.3 is 10.1 Å². The molecule has 3 rings (SSSR count). The quantitative estimate of drug-likeness (QED) is 0.446. The van der Waals surface area contributed by atoms with E-state index in [0.717, 1.165) is 11.0 Å². The number of carbonyl (C=O) groups excluding carboxylic acids is 2. The second-order valence-electron chi connectivity index (χ2n) is 5.60. The van der Waals surface area contributed by atoms with Crippen LogP contribution in [-0.2, 0) is 9.59 Å². The maximum atomic E-state index is 12.7. The number of alkyl halides is 2. The molecule has 1 aliphatic rings. The predicted molar refractivity (Wildman–Crippen MR) is 97.9 cm³/mol. The number of nitro groups is 1. The molecule has 0 spiro atoms. The predicted octanol–water partition coefficient (Wildman–Crippen LogP) is 3.27. The summed E-state index contributed by atoms with van der Waals surface area (Å²) in [4.78, 5) is 36.2. The fraction of sp³-hybridized carbons (Fsp3) is 0.176. The number of fused-ring (bicyclic) bond motifs is 1. The van der Waals surface area contributed by atoms with E-state index in [-0.39, 0.29) is 46.1 Å². The third-order valence-electron chi connectivity index (χ3n) is 3.78.